The first kappa shape index (κ1) is 8.37. The van der Waals surface area contributed by atoms with E-state index in [-0.39, 0.29) is 5.56 Å². The molecule has 0 fully saturated rings. The first-order valence-electron chi connectivity index (χ1n) is 3.97. The third-order valence-electron chi connectivity index (χ3n) is 2.04. The van der Waals surface area contributed by atoms with Crippen LogP contribution in [0.1, 0.15) is 11.1 Å². The van der Waals surface area contributed by atoms with Crippen LogP contribution in [0.4, 0.5) is 14.6 Å². The molecular weight excluding hydrogens is 176 g/mol. The molecule has 3 N–H and O–H groups in total. The summed E-state index contributed by atoms with van der Waals surface area (Å²) in [7, 11) is 0. The van der Waals surface area contributed by atoms with Gasteiger partial charge in [-0.3, -0.25) is 5.73 Å². The van der Waals surface area contributed by atoms with Crippen molar-refractivity contribution in [3.63, 3.8) is 0 Å². The fourth-order valence-electron chi connectivity index (χ4n) is 1.36. The van der Waals surface area contributed by atoms with Gasteiger partial charge in [0.15, 0.2) is 0 Å². The second kappa shape index (κ2) is 2.63. The number of hydrogen-bond acceptors (Lipinski definition) is 3. The first-order chi connectivity index (χ1) is 6.07. The molecule has 0 saturated heterocycles. The number of fused-ring (bicyclic) bond motifs is 1. The summed E-state index contributed by atoms with van der Waals surface area (Å²) in [5.74, 6) is 0.688. The van der Waals surface area contributed by atoms with Crippen LogP contribution in [0.3, 0.4) is 0 Å². The van der Waals surface area contributed by atoms with Gasteiger partial charge in [-0.2, -0.15) is 8.78 Å². The zero-order valence-electron chi connectivity index (χ0n) is 6.85. The van der Waals surface area contributed by atoms with E-state index in [0.29, 0.717) is 5.82 Å². The van der Waals surface area contributed by atoms with Crippen molar-refractivity contribution in [2.45, 2.75) is 12.5 Å². The van der Waals surface area contributed by atoms with Crippen molar-refractivity contribution >= 4 is 5.82 Å². The lowest BCUT2D eigenvalue weighted by Crippen LogP contribution is -2.25. The molecule has 2 rings (SSSR count). The monoisotopic (exact) mass is 185 g/mol. The maximum absolute atomic E-state index is 12.6. The Balaban J connectivity index is 2.42. The van der Waals surface area contributed by atoms with Crippen molar-refractivity contribution in [1.29, 1.82) is 0 Å². The lowest BCUT2D eigenvalue weighted by molar-refractivity contribution is 0.00261. The van der Waals surface area contributed by atoms with E-state index in [1.807, 2.05) is 0 Å². The molecule has 0 radical (unpaired) electrons. The SMILES string of the molecule is NC(F)(F)c1cnc2c(c1)CCN2. The maximum atomic E-state index is 12.6. The van der Waals surface area contributed by atoms with Crippen LogP contribution in [0.15, 0.2) is 12.3 Å². The van der Waals surface area contributed by atoms with E-state index in [2.05, 4.69) is 16.0 Å². The number of aromatic nitrogens is 1. The predicted octanol–water partition coefficient (Wildman–Crippen LogP) is 1.06. The van der Waals surface area contributed by atoms with Gasteiger partial charge >= 0.3 is 6.05 Å². The number of alkyl halides is 2. The van der Waals surface area contributed by atoms with Gasteiger partial charge in [0, 0.05) is 12.7 Å². The zero-order chi connectivity index (χ0) is 9.47. The number of nitrogens with one attached hydrogen (secondary N) is 1. The molecule has 0 spiro atoms. The molecule has 1 aliphatic rings. The third-order valence-corrected chi connectivity index (χ3v) is 2.04. The summed E-state index contributed by atoms with van der Waals surface area (Å²) in [6.45, 7) is 0.752. The fourth-order valence-corrected chi connectivity index (χ4v) is 1.36. The Morgan fingerprint density at radius 3 is 3.00 bits per heavy atom. The molecule has 0 aliphatic carbocycles. The van der Waals surface area contributed by atoms with E-state index in [4.69, 9.17) is 0 Å². The summed E-state index contributed by atoms with van der Waals surface area (Å²) in [6.07, 6.45) is 1.84. The van der Waals surface area contributed by atoms with Gasteiger partial charge in [0.2, 0.25) is 0 Å². The van der Waals surface area contributed by atoms with Gasteiger partial charge in [-0.05, 0) is 18.1 Å². The number of rotatable bonds is 1. The molecule has 0 unspecified atom stereocenters. The van der Waals surface area contributed by atoms with Gasteiger partial charge in [-0.15, -0.1) is 0 Å². The molecule has 1 aromatic heterocycles. The highest BCUT2D eigenvalue weighted by molar-refractivity contribution is 5.50. The summed E-state index contributed by atoms with van der Waals surface area (Å²) in [4.78, 5) is 3.85. The summed E-state index contributed by atoms with van der Waals surface area (Å²) in [5.41, 5.74) is 5.24. The van der Waals surface area contributed by atoms with Gasteiger partial charge in [0.25, 0.3) is 0 Å². The Kier molecular flexibility index (Phi) is 1.69. The topological polar surface area (TPSA) is 50.9 Å². The first-order valence-corrected chi connectivity index (χ1v) is 3.97. The molecule has 0 saturated carbocycles. The molecule has 70 valence electrons. The lowest BCUT2D eigenvalue weighted by Gasteiger charge is -2.10. The maximum Gasteiger partial charge on any atom is 0.328 e. The van der Waals surface area contributed by atoms with Crippen LogP contribution in [0.5, 0.6) is 0 Å². The van der Waals surface area contributed by atoms with E-state index in [9.17, 15) is 8.78 Å². The van der Waals surface area contributed by atoms with E-state index < -0.39 is 6.05 Å². The minimum absolute atomic E-state index is 0.227. The van der Waals surface area contributed by atoms with E-state index in [1.165, 1.54) is 6.07 Å². The largest absolute Gasteiger partial charge is 0.370 e. The van der Waals surface area contributed by atoms with E-state index in [0.717, 1.165) is 24.7 Å². The summed E-state index contributed by atoms with van der Waals surface area (Å²) >= 11 is 0. The summed E-state index contributed by atoms with van der Waals surface area (Å²) in [6, 6.07) is -1.88. The second-order valence-corrected chi connectivity index (χ2v) is 3.03. The quantitative estimate of drug-likeness (QED) is 0.643. The van der Waals surface area contributed by atoms with Gasteiger partial charge < -0.3 is 5.32 Å². The molecule has 0 atom stereocenters. The zero-order valence-corrected chi connectivity index (χ0v) is 6.85. The summed E-state index contributed by atoms with van der Waals surface area (Å²) in [5, 5.41) is 2.98. The Hall–Kier alpha value is -1.23. The fraction of sp³-hybridized carbons (Fsp3) is 0.375. The van der Waals surface area contributed by atoms with Gasteiger partial charge in [-0.25, -0.2) is 4.98 Å². The van der Waals surface area contributed by atoms with Crippen LogP contribution < -0.4 is 11.1 Å². The van der Waals surface area contributed by atoms with Crippen molar-refractivity contribution in [2.75, 3.05) is 11.9 Å². The van der Waals surface area contributed by atoms with Crippen LogP contribution in [-0.4, -0.2) is 11.5 Å². The molecule has 0 bridgehead atoms. The molecule has 5 heteroatoms. The average molecular weight is 185 g/mol. The highest BCUT2D eigenvalue weighted by Gasteiger charge is 2.27. The Morgan fingerprint density at radius 1 is 1.54 bits per heavy atom. The highest BCUT2D eigenvalue weighted by Crippen LogP contribution is 2.26. The smallest absolute Gasteiger partial charge is 0.328 e. The molecule has 0 aromatic carbocycles. The van der Waals surface area contributed by atoms with Gasteiger partial charge in [0.05, 0.1) is 5.56 Å². The standard InChI is InChI=1S/C8H9F2N3/c9-8(10,11)6-3-5-1-2-12-7(5)13-4-6/h3-4H,1-2,11H2,(H,12,13). The molecular formula is C8H9F2N3. The number of halogens is 2. The molecule has 1 aliphatic heterocycles. The Morgan fingerprint density at radius 2 is 2.31 bits per heavy atom. The van der Waals surface area contributed by atoms with Crippen molar-refractivity contribution in [3.8, 4) is 0 Å². The van der Waals surface area contributed by atoms with Crippen molar-refractivity contribution in [1.82, 2.24) is 4.98 Å². The highest BCUT2D eigenvalue weighted by atomic mass is 19.3. The minimum atomic E-state index is -3.29. The van der Waals surface area contributed by atoms with Crippen LogP contribution in [0.2, 0.25) is 0 Å². The Bertz CT molecular complexity index is 333. The van der Waals surface area contributed by atoms with E-state index in [1.54, 1.807) is 0 Å². The lowest BCUT2D eigenvalue weighted by atomic mass is 10.1. The second-order valence-electron chi connectivity index (χ2n) is 3.03. The van der Waals surface area contributed by atoms with Crippen molar-refractivity contribution < 1.29 is 8.78 Å². The Labute approximate surface area is 74.0 Å². The van der Waals surface area contributed by atoms with Crippen molar-refractivity contribution in [3.05, 3.63) is 23.4 Å². The molecule has 13 heavy (non-hydrogen) atoms. The molecule has 1 aromatic rings. The number of anilines is 1. The van der Waals surface area contributed by atoms with Crippen LogP contribution in [0, 0.1) is 0 Å². The van der Waals surface area contributed by atoms with Gasteiger partial charge in [0.1, 0.15) is 5.82 Å². The average Bonchev–Trinajstić information content (AvgIpc) is 2.47. The minimum Gasteiger partial charge on any atom is -0.370 e. The van der Waals surface area contributed by atoms with Crippen LogP contribution >= 0.6 is 0 Å². The molecule has 3 nitrogen and oxygen atoms in total. The van der Waals surface area contributed by atoms with Gasteiger partial charge in [-0.1, -0.05) is 0 Å². The number of nitrogens with zero attached hydrogens (tertiary/aromatic N) is 1. The molecule has 2 heterocycles. The van der Waals surface area contributed by atoms with Crippen LogP contribution in [0.25, 0.3) is 0 Å². The number of nitrogens with two attached hydrogens (primary N) is 1. The van der Waals surface area contributed by atoms with E-state index >= 15 is 0 Å². The van der Waals surface area contributed by atoms with Crippen LogP contribution in [-0.2, 0) is 12.5 Å². The third kappa shape index (κ3) is 1.47. The molecule has 0 amide bonds. The number of hydrogen-bond donors (Lipinski definition) is 2. The number of pyridine rings is 1. The predicted molar refractivity (Wildman–Crippen MR) is 44.5 cm³/mol. The summed E-state index contributed by atoms with van der Waals surface area (Å²) < 4.78 is 25.3. The van der Waals surface area contributed by atoms with Crippen molar-refractivity contribution in [2.24, 2.45) is 5.73 Å². The normalized spacial score (nSPS) is 15.3.